The molecule has 21 heavy (non-hydrogen) atoms. The molecular weight excluding hydrogens is 337 g/mol. The highest BCUT2D eigenvalue weighted by Gasteiger charge is 2.21. The predicted octanol–water partition coefficient (Wildman–Crippen LogP) is 2.04. The number of hydrogen-bond acceptors (Lipinski definition) is 6. The minimum absolute atomic E-state index is 0.0781. The minimum Gasteiger partial charge on any atom is -0.398 e. The van der Waals surface area contributed by atoms with Crippen molar-refractivity contribution in [3.05, 3.63) is 40.4 Å². The molecule has 0 bridgehead atoms. The third-order valence-electron chi connectivity index (χ3n) is 2.42. The monoisotopic (exact) mass is 343 g/mol. The third kappa shape index (κ3) is 3.16. The second-order valence-electron chi connectivity index (χ2n) is 3.80. The quantitative estimate of drug-likeness (QED) is 0.649. The highest BCUT2D eigenvalue weighted by molar-refractivity contribution is 7.93. The highest BCUT2D eigenvalue weighted by atomic mass is 35.5. The number of anilines is 2. The third-order valence-corrected chi connectivity index (χ3v) is 4.42. The molecule has 1 heterocycles. The van der Waals surface area contributed by atoms with E-state index in [1.54, 1.807) is 0 Å². The summed E-state index contributed by atoms with van der Waals surface area (Å²) in [6.07, 6.45) is 1.10. The Kier molecular flexibility index (Phi) is 4.18. The van der Waals surface area contributed by atoms with Gasteiger partial charge in [-0.2, -0.15) is 5.26 Å². The van der Waals surface area contributed by atoms with Gasteiger partial charge in [0.05, 0.1) is 17.3 Å². The van der Waals surface area contributed by atoms with Crippen LogP contribution in [0.25, 0.3) is 0 Å². The van der Waals surface area contributed by atoms with E-state index in [1.807, 2.05) is 6.07 Å². The Morgan fingerprint density at radius 1 is 1.24 bits per heavy atom. The van der Waals surface area contributed by atoms with Gasteiger partial charge in [0.1, 0.15) is 16.9 Å². The van der Waals surface area contributed by atoms with Crippen LogP contribution in [0.4, 0.5) is 11.4 Å². The molecule has 0 aliphatic rings. The largest absolute Gasteiger partial charge is 0.398 e. The lowest BCUT2D eigenvalue weighted by atomic mass is 10.2. The van der Waals surface area contributed by atoms with Crippen LogP contribution in [0, 0.1) is 11.3 Å². The number of benzene rings is 1. The van der Waals surface area contributed by atoms with E-state index >= 15 is 0 Å². The van der Waals surface area contributed by atoms with E-state index in [4.69, 9.17) is 34.2 Å². The summed E-state index contributed by atoms with van der Waals surface area (Å²) in [6.45, 7) is 0. The summed E-state index contributed by atoms with van der Waals surface area (Å²) < 4.78 is 26.7. The summed E-state index contributed by atoms with van der Waals surface area (Å²) >= 11 is 11.5. The number of nitrogens with one attached hydrogen (secondary N) is 1. The van der Waals surface area contributed by atoms with Crippen molar-refractivity contribution in [1.29, 1.82) is 5.26 Å². The zero-order chi connectivity index (χ0) is 15.6. The van der Waals surface area contributed by atoms with Crippen LogP contribution in [-0.2, 0) is 10.0 Å². The van der Waals surface area contributed by atoms with Crippen LogP contribution in [0.2, 0.25) is 10.3 Å². The molecule has 0 aliphatic heterocycles. The maximum atomic E-state index is 12.3. The SMILES string of the molecule is N#Cc1ccc(S(=O)(=O)Nc2c(Cl)ncnc2Cl)c(N)c1. The summed E-state index contributed by atoms with van der Waals surface area (Å²) in [5, 5.41) is 8.45. The Morgan fingerprint density at radius 2 is 1.86 bits per heavy atom. The molecule has 2 aromatic rings. The minimum atomic E-state index is -4.05. The summed E-state index contributed by atoms with van der Waals surface area (Å²) in [7, 11) is -4.05. The molecule has 0 spiro atoms. The van der Waals surface area contributed by atoms with Gasteiger partial charge in [0.25, 0.3) is 10.0 Å². The molecule has 1 aromatic heterocycles. The van der Waals surface area contributed by atoms with Crippen molar-refractivity contribution in [2.24, 2.45) is 0 Å². The van der Waals surface area contributed by atoms with Crippen molar-refractivity contribution in [2.75, 3.05) is 10.5 Å². The topological polar surface area (TPSA) is 122 Å². The average molecular weight is 344 g/mol. The van der Waals surface area contributed by atoms with Crippen LogP contribution in [-0.4, -0.2) is 18.4 Å². The van der Waals surface area contributed by atoms with Gasteiger partial charge in [-0.3, -0.25) is 4.72 Å². The molecule has 0 radical (unpaired) electrons. The van der Waals surface area contributed by atoms with Crippen molar-refractivity contribution >= 4 is 44.6 Å². The van der Waals surface area contributed by atoms with Gasteiger partial charge < -0.3 is 5.73 Å². The lowest BCUT2D eigenvalue weighted by molar-refractivity contribution is 0.601. The molecule has 108 valence electrons. The normalized spacial score (nSPS) is 10.9. The highest BCUT2D eigenvalue weighted by Crippen LogP contribution is 2.29. The van der Waals surface area contributed by atoms with E-state index in [9.17, 15) is 8.42 Å². The first-order chi connectivity index (χ1) is 9.85. The molecule has 0 saturated heterocycles. The zero-order valence-corrected chi connectivity index (χ0v) is 12.5. The molecule has 0 amide bonds. The fourth-order valence-corrected chi connectivity index (χ4v) is 3.19. The van der Waals surface area contributed by atoms with Crippen LogP contribution in [0.1, 0.15) is 5.56 Å². The number of nitrogens with zero attached hydrogens (tertiary/aromatic N) is 3. The molecule has 7 nitrogen and oxygen atoms in total. The lowest BCUT2D eigenvalue weighted by Gasteiger charge is -2.11. The van der Waals surface area contributed by atoms with Gasteiger partial charge in [-0.25, -0.2) is 18.4 Å². The number of nitrogens with two attached hydrogens (primary N) is 1. The summed E-state index contributed by atoms with van der Waals surface area (Å²) in [5.74, 6) is 0. The number of rotatable bonds is 3. The second kappa shape index (κ2) is 5.73. The van der Waals surface area contributed by atoms with Gasteiger partial charge in [-0.1, -0.05) is 23.2 Å². The molecule has 0 aliphatic carbocycles. The van der Waals surface area contributed by atoms with E-state index < -0.39 is 10.0 Å². The average Bonchev–Trinajstić information content (AvgIpc) is 2.42. The Hall–Kier alpha value is -2.08. The molecular formula is C11H7Cl2N5O2S. The van der Waals surface area contributed by atoms with Crippen LogP contribution < -0.4 is 10.5 Å². The maximum Gasteiger partial charge on any atom is 0.264 e. The molecule has 10 heteroatoms. The number of halogens is 2. The summed E-state index contributed by atoms with van der Waals surface area (Å²) in [6, 6.07) is 5.65. The van der Waals surface area contributed by atoms with E-state index in [1.165, 1.54) is 18.2 Å². The Bertz CT molecular complexity index is 828. The van der Waals surface area contributed by atoms with Crippen LogP contribution >= 0.6 is 23.2 Å². The van der Waals surface area contributed by atoms with Gasteiger partial charge in [-0.05, 0) is 18.2 Å². The zero-order valence-electron chi connectivity index (χ0n) is 10.2. The van der Waals surface area contributed by atoms with Crippen LogP contribution in [0.5, 0.6) is 0 Å². The molecule has 3 N–H and O–H groups in total. The molecule has 0 fully saturated rings. The predicted molar refractivity (Wildman–Crippen MR) is 78.4 cm³/mol. The van der Waals surface area contributed by atoms with Gasteiger partial charge in [0, 0.05) is 0 Å². The standard InChI is InChI=1S/C11H7Cl2N5O2S/c12-10-9(11(13)17-5-16-10)18-21(19,20)8-2-1-6(4-14)3-7(8)15/h1-3,5,18H,15H2. The first-order valence-corrected chi connectivity index (χ1v) is 7.57. The number of sulfonamides is 1. The number of aromatic nitrogens is 2. The molecule has 0 atom stereocenters. The van der Waals surface area contributed by atoms with Crippen LogP contribution in [0.15, 0.2) is 29.4 Å². The lowest BCUT2D eigenvalue weighted by Crippen LogP contribution is -2.16. The van der Waals surface area contributed by atoms with Crippen molar-refractivity contribution in [1.82, 2.24) is 9.97 Å². The van der Waals surface area contributed by atoms with Gasteiger partial charge in [0.15, 0.2) is 10.3 Å². The molecule has 0 saturated carbocycles. The van der Waals surface area contributed by atoms with Gasteiger partial charge in [-0.15, -0.1) is 0 Å². The molecule has 1 aromatic carbocycles. The smallest absolute Gasteiger partial charge is 0.264 e. The van der Waals surface area contributed by atoms with E-state index in [0.717, 1.165) is 6.33 Å². The van der Waals surface area contributed by atoms with Crippen LogP contribution in [0.3, 0.4) is 0 Å². The number of hydrogen-bond donors (Lipinski definition) is 2. The van der Waals surface area contributed by atoms with Crippen molar-refractivity contribution < 1.29 is 8.42 Å². The first-order valence-electron chi connectivity index (χ1n) is 5.33. The van der Waals surface area contributed by atoms with E-state index in [0.29, 0.717) is 0 Å². The van der Waals surface area contributed by atoms with Gasteiger partial charge in [0.2, 0.25) is 0 Å². The Labute approximate surface area is 130 Å². The number of nitrogen functional groups attached to an aromatic ring is 1. The number of nitriles is 1. The van der Waals surface area contributed by atoms with Crippen molar-refractivity contribution in [3.8, 4) is 6.07 Å². The fourth-order valence-electron chi connectivity index (χ4n) is 1.48. The molecule has 0 unspecified atom stereocenters. The maximum absolute atomic E-state index is 12.3. The summed E-state index contributed by atoms with van der Waals surface area (Å²) in [5.41, 5.74) is 5.66. The summed E-state index contributed by atoms with van der Waals surface area (Å²) in [4.78, 5) is 7.06. The van der Waals surface area contributed by atoms with Gasteiger partial charge >= 0.3 is 0 Å². The molecule has 2 rings (SSSR count). The van der Waals surface area contributed by atoms with Crippen molar-refractivity contribution in [3.63, 3.8) is 0 Å². The second-order valence-corrected chi connectivity index (χ2v) is 6.17. The Morgan fingerprint density at radius 3 is 2.38 bits per heavy atom. The first kappa shape index (κ1) is 15.3. The van der Waals surface area contributed by atoms with E-state index in [-0.39, 0.29) is 32.1 Å². The van der Waals surface area contributed by atoms with E-state index in [2.05, 4.69) is 14.7 Å². The fraction of sp³-hybridized carbons (Fsp3) is 0. The van der Waals surface area contributed by atoms with Crippen molar-refractivity contribution in [2.45, 2.75) is 4.90 Å². The Balaban J connectivity index is 2.47.